The van der Waals surface area contributed by atoms with Gasteiger partial charge in [0.25, 0.3) is 0 Å². The molecule has 1 aliphatic heterocycles. The Morgan fingerprint density at radius 2 is 2.00 bits per heavy atom. The van der Waals surface area contributed by atoms with Crippen molar-refractivity contribution < 1.29 is 12.8 Å². The van der Waals surface area contributed by atoms with Crippen molar-refractivity contribution in [2.24, 2.45) is 17.6 Å². The molecule has 22 heavy (non-hydrogen) atoms. The van der Waals surface area contributed by atoms with Crippen molar-refractivity contribution in [2.75, 3.05) is 13.1 Å². The van der Waals surface area contributed by atoms with Crippen LogP contribution in [-0.4, -0.2) is 31.9 Å². The van der Waals surface area contributed by atoms with Crippen LogP contribution in [0.25, 0.3) is 0 Å². The van der Waals surface area contributed by atoms with E-state index in [1.165, 1.54) is 22.5 Å². The molecule has 1 aromatic carbocycles. The van der Waals surface area contributed by atoms with Crippen LogP contribution in [0.4, 0.5) is 4.39 Å². The highest BCUT2D eigenvalue weighted by molar-refractivity contribution is 7.89. The average molecular weight is 369 g/mol. The summed E-state index contributed by atoms with van der Waals surface area (Å²) in [7, 11) is -3.86. The third kappa shape index (κ3) is 2.99. The molecule has 8 heteroatoms. The van der Waals surface area contributed by atoms with Crippen molar-refractivity contribution in [3.05, 3.63) is 29.0 Å². The highest BCUT2D eigenvalue weighted by Gasteiger charge is 2.43. The van der Waals surface area contributed by atoms with Crippen LogP contribution in [-0.2, 0) is 10.0 Å². The van der Waals surface area contributed by atoms with Crippen molar-refractivity contribution in [1.29, 1.82) is 0 Å². The SMILES string of the molecule is Cl.NC1CCCC2CN(S(=O)(=O)c3cccc(Cl)c3F)CC12. The summed E-state index contributed by atoms with van der Waals surface area (Å²) in [5.41, 5.74) is 6.10. The van der Waals surface area contributed by atoms with E-state index in [-0.39, 0.29) is 40.2 Å². The summed E-state index contributed by atoms with van der Waals surface area (Å²) in [5.74, 6) is -0.417. The van der Waals surface area contributed by atoms with Gasteiger partial charge in [0.2, 0.25) is 10.0 Å². The van der Waals surface area contributed by atoms with Crippen LogP contribution in [0.2, 0.25) is 5.02 Å². The molecule has 0 aromatic heterocycles. The topological polar surface area (TPSA) is 63.4 Å². The minimum absolute atomic E-state index is 0. The molecule has 1 aliphatic carbocycles. The summed E-state index contributed by atoms with van der Waals surface area (Å²) < 4.78 is 40.7. The van der Waals surface area contributed by atoms with Gasteiger partial charge in [-0.3, -0.25) is 0 Å². The van der Waals surface area contributed by atoms with E-state index < -0.39 is 15.8 Å². The lowest BCUT2D eigenvalue weighted by molar-refractivity contribution is 0.260. The van der Waals surface area contributed by atoms with Gasteiger partial charge in [-0.1, -0.05) is 24.1 Å². The first-order valence-corrected chi connectivity index (χ1v) is 8.93. The molecule has 1 saturated carbocycles. The molecule has 2 aliphatic rings. The van der Waals surface area contributed by atoms with Crippen LogP contribution in [0.3, 0.4) is 0 Å². The Kier molecular flexibility index (Phi) is 5.39. The molecule has 0 radical (unpaired) electrons. The molecule has 1 saturated heterocycles. The molecule has 1 aromatic rings. The Balaban J connectivity index is 0.00000176. The summed E-state index contributed by atoms with van der Waals surface area (Å²) in [4.78, 5) is -0.345. The van der Waals surface area contributed by atoms with Crippen molar-refractivity contribution in [3.8, 4) is 0 Å². The Morgan fingerprint density at radius 1 is 1.27 bits per heavy atom. The fraction of sp³-hybridized carbons (Fsp3) is 0.571. The standard InChI is InChI=1S/C14H18ClFN2O2S.ClH/c15-11-4-2-6-13(14(11)16)21(19,20)18-7-9-3-1-5-12(17)10(9)8-18;/h2,4,6,9-10,12H,1,3,5,7-8,17H2;1H. The minimum atomic E-state index is -3.86. The van der Waals surface area contributed by atoms with Crippen LogP contribution in [0.15, 0.2) is 23.1 Å². The number of hydrogen-bond acceptors (Lipinski definition) is 3. The van der Waals surface area contributed by atoms with Gasteiger partial charge in [0.15, 0.2) is 5.82 Å². The first kappa shape index (κ1) is 17.9. The quantitative estimate of drug-likeness (QED) is 0.872. The molecular weight excluding hydrogens is 350 g/mol. The second-order valence-corrected chi connectivity index (χ2v) is 8.21. The molecule has 0 spiro atoms. The number of halogens is 3. The zero-order valence-corrected chi connectivity index (χ0v) is 14.3. The smallest absolute Gasteiger partial charge is 0.246 e. The largest absolute Gasteiger partial charge is 0.327 e. The maximum Gasteiger partial charge on any atom is 0.246 e. The van der Waals surface area contributed by atoms with E-state index in [2.05, 4.69) is 0 Å². The van der Waals surface area contributed by atoms with E-state index >= 15 is 0 Å². The lowest BCUT2D eigenvalue weighted by atomic mass is 9.78. The number of sulfonamides is 1. The van der Waals surface area contributed by atoms with E-state index in [1.807, 2.05) is 0 Å². The third-order valence-corrected chi connectivity index (χ3v) is 6.80. The maximum absolute atomic E-state index is 14.0. The first-order valence-electron chi connectivity index (χ1n) is 7.11. The van der Waals surface area contributed by atoms with Gasteiger partial charge in [-0.2, -0.15) is 4.31 Å². The second kappa shape index (κ2) is 6.61. The molecule has 3 rings (SSSR count). The van der Waals surface area contributed by atoms with Crippen LogP contribution < -0.4 is 5.73 Å². The summed E-state index contributed by atoms with van der Waals surface area (Å²) >= 11 is 5.69. The van der Waals surface area contributed by atoms with Crippen LogP contribution in [0.1, 0.15) is 19.3 Å². The van der Waals surface area contributed by atoms with Crippen LogP contribution >= 0.6 is 24.0 Å². The monoisotopic (exact) mass is 368 g/mol. The highest BCUT2D eigenvalue weighted by atomic mass is 35.5. The van der Waals surface area contributed by atoms with Gasteiger partial charge >= 0.3 is 0 Å². The number of fused-ring (bicyclic) bond motifs is 1. The van der Waals surface area contributed by atoms with Crippen molar-refractivity contribution in [3.63, 3.8) is 0 Å². The second-order valence-electron chi connectivity index (χ2n) is 5.89. The van der Waals surface area contributed by atoms with Gasteiger partial charge in [-0.15, -0.1) is 12.4 Å². The molecule has 1 heterocycles. The van der Waals surface area contributed by atoms with Crippen molar-refractivity contribution in [2.45, 2.75) is 30.2 Å². The molecule has 124 valence electrons. The molecule has 4 nitrogen and oxygen atoms in total. The van der Waals surface area contributed by atoms with E-state index in [9.17, 15) is 12.8 Å². The number of nitrogens with zero attached hydrogens (tertiary/aromatic N) is 1. The minimum Gasteiger partial charge on any atom is -0.327 e. The molecule has 3 unspecified atom stereocenters. The van der Waals surface area contributed by atoms with E-state index in [4.69, 9.17) is 17.3 Å². The molecule has 0 bridgehead atoms. The number of benzene rings is 1. The molecule has 0 amide bonds. The summed E-state index contributed by atoms with van der Waals surface area (Å²) in [5, 5.41) is -0.176. The van der Waals surface area contributed by atoms with Crippen molar-refractivity contribution >= 4 is 34.0 Å². The third-order valence-electron chi connectivity index (χ3n) is 4.65. The normalized spacial score (nSPS) is 29.0. The lowest BCUT2D eigenvalue weighted by Crippen LogP contribution is -2.38. The Labute approximate surface area is 141 Å². The molecular formula is C14H19Cl2FN2O2S. The van der Waals surface area contributed by atoms with Crippen LogP contribution in [0, 0.1) is 17.7 Å². The molecule has 3 atom stereocenters. The fourth-order valence-corrected chi connectivity index (χ4v) is 5.35. The van der Waals surface area contributed by atoms with Crippen molar-refractivity contribution in [1.82, 2.24) is 4.31 Å². The van der Waals surface area contributed by atoms with Crippen LogP contribution in [0.5, 0.6) is 0 Å². The maximum atomic E-state index is 14.0. The number of hydrogen-bond donors (Lipinski definition) is 1. The Hall–Kier alpha value is -0.400. The summed E-state index contributed by atoms with van der Waals surface area (Å²) in [6.45, 7) is 0.798. The lowest BCUT2D eigenvalue weighted by Gasteiger charge is -2.29. The number of nitrogens with two attached hydrogens (primary N) is 1. The fourth-order valence-electron chi connectivity index (χ4n) is 3.49. The van der Waals surface area contributed by atoms with Gasteiger partial charge in [0, 0.05) is 19.1 Å². The van der Waals surface area contributed by atoms with Gasteiger partial charge < -0.3 is 5.73 Å². The van der Waals surface area contributed by atoms with E-state index in [0.717, 1.165) is 19.3 Å². The summed E-state index contributed by atoms with van der Waals surface area (Å²) in [6, 6.07) is 4.09. The van der Waals surface area contributed by atoms with Gasteiger partial charge in [0.1, 0.15) is 4.90 Å². The predicted octanol–water partition coefficient (Wildman–Crippen LogP) is 2.65. The zero-order valence-electron chi connectivity index (χ0n) is 11.9. The van der Waals surface area contributed by atoms with E-state index in [0.29, 0.717) is 13.1 Å². The molecule has 2 fully saturated rings. The zero-order chi connectivity index (χ0) is 15.2. The van der Waals surface area contributed by atoms with E-state index in [1.54, 1.807) is 0 Å². The van der Waals surface area contributed by atoms with Gasteiger partial charge in [-0.25, -0.2) is 12.8 Å². The van der Waals surface area contributed by atoms with Gasteiger partial charge in [0.05, 0.1) is 5.02 Å². The predicted molar refractivity (Wildman–Crippen MR) is 86.2 cm³/mol. The van der Waals surface area contributed by atoms with Gasteiger partial charge in [-0.05, 0) is 36.8 Å². The number of rotatable bonds is 2. The summed E-state index contributed by atoms with van der Waals surface area (Å²) in [6.07, 6.45) is 2.95. The average Bonchev–Trinajstić information content (AvgIpc) is 2.88. The molecule has 2 N–H and O–H groups in total. The highest BCUT2D eigenvalue weighted by Crippen LogP contribution is 2.38. The Bertz CT molecular complexity index is 656. The first-order chi connectivity index (χ1) is 9.91. The Morgan fingerprint density at radius 3 is 2.68 bits per heavy atom.